The number of para-hydroxylation sites is 2. The lowest BCUT2D eigenvalue weighted by atomic mass is 10.2. The maximum absolute atomic E-state index is 11.2. The normalized spacial score (nSPS) is 10.4. The number of nitrogens with zero attached hydrogens (tertiary/aromatic N) is 2. The van der Waals surface area contributed by atoms with Crippen molar-refractivity contribution in [3.63, 3.8) is 0 Å². The van der Waals surface area contributed by atoms with Gasteiger partial charge in [-0.2, -0.15) is 0 Å². The van der Waals surface area contributed by atoms with Gasteiger partial charge in [0.25, 0.3) is 0 Å². The number of benzene rings is 2. The number of aromatic nitrogens is 2. The highest BCUT2D eigenvalue weighted by atomic mass is 35.5. The highest BCUT2D eigenvalue weighted by Crippen LogP contribution is 2.27. The number of hydrogen-bond donors (Lipinski definition) is 2. The molecule has 122 valence electrons. The summed E-state index contributed by atoms with van der Waals surface area (Å²) in [4.78, 5) is 11.2. The van der Waals surface area contributed by atoms with Crippen molar-refractivity contribution in [3.05, 3.63) is 64.1 Å². The molecular weight excluding hydrogens is 350 g/mol. The summed E-state index contributed by atoms with van der Waals surface area (Å²) in [5.41, 5.74) is 0.626. The topological polar surface area (TPSA) is 84.3 Å². The molecule has 0 saturated heterocycles. The van der Waals surface area contributed by atoms with Crippen LogP contribution in [0.1, 0.15) is 15.4 Å². The fraction of sp³-hybridized carbons (Fsp3) is 0.0625. The first-order valence-electron chi connectivity index (χ1n) is 6.92. The number of halogens is 1. The quantitative estimate of drug-likeness (QED) is 0.684. The van der Waals surface area contributed by atoms with E-state index in [0.29, 0.717) is 26.6 Å². The fourth-order valence-electron chi connectivity index (χ4n) is 1.96. The molecule has 3 aromatic rings. The van der Waals surface area contributed by atoms with Crippen LogP contribution in [0.5, 0.6) is 5.75 Å². The Morgan fingerprint density at radius 2 is 1.92 bits per heavy atom. The van der Waals surface area contributed by atoms with Crippen LogP contribution >= 0.6 is 22.9 Å². The lowest BCUT2D eigenvalue weighted by Crippen LogP contribution is -2.02. The highest BCUT2D eigenvalue weighted by molar-refractivity contribution is 7.15. The molecule has 1 heterocycles. The van der Waals surface area contributed by atoms with Crippen molar-refractivity contribution in [2.45, 2.75) is 6.61 Å². The average Bonchev–Trinajstić information content (AvgIpc) is 3.02. The van der Waals surface area contributed by atoms with Crippen LogP contribution in [0, 0.1) is 0 Å². The molecule has 0 aliphatic rings. The van der Waals surface area contributed by atoms with Gasteiger partial charge in [-0.05, 0) is 24.3 Å². The second-order valence-electron chi connectivity index (χ2n) is 4.70. The van der Waals surface area contributed by atoms with E-state index in [9.17, 15) is 9.90 Å². The second-order valence-corrected chi connectivity index (χ2v) is 6.17. The molecule has 3 rings (SSSR count). The molecule has 0 saturated carbocycles. The van der Waals surface area contributed by atoms with E-state index in [1.54, 1.807) is 30.3 Å². The molecule has 1 aromatic heterocycles. The van der Waals surface area contributed by atoms with Crippen LogP contribution in [0.15, 0.2) is 48.5 Å². The van der Waals surface area contributed by atoms with E-state index in [1.165, 1.54) is 17.4 Å². The number of carbonyl (C=O) groups is 1. The third kappa shape index (κ3) is 3.81. The van der Waals surface area contributed by atoms with Gasteiger partial charge in [0.05, 0.1) is 16.3 Å². The number of aromatic carboxylic acids is 1. The molecule has 0 unspecified atom stereocenters. The molecule has 0 radical (unpaired) electrons. The summed E-state index contributed by atoms with van der Waals surface area (Å²) < 4.78 is 5.60. The number of hydrogen-bond acceptors (Lipinski definition) is 6. The molecule has 0 atom stereocenters. The maximum Gasteiger partial charge on any atom is 0.337 e. The molecule has 0 fully saturated rings. The van der Waals surface area contributed by atoms with Crippen molar-refractivity contribution in [2.24, 2.45) is 0 Å². The number of ether oxygens (including phenoxy) is 1. The second kappa shape index (κ2) is 7.29. The van der Waals surface area contributed by atoms with Gasteiger partial charge in [0, 0.05) is 0 Å². The van der Waals surface area contributed by atoms with Gasteiger partial charge in [0.2, 0.25) is 5.13 Å². The molecule has 0 aliphatic carbocycles. The van der Waals surface area contributed by atoms with E-state index in [0.717, 1.165) is 0 Å². The average molecular weight is 362 g/mol. The summed E-state index contributed by atoms with van der Waals surface area (Å²) in [5, 5.41) is 21.8. The van der Waals surface area contributed by atoms with Crippen LogP contribution in [-0.2, 0) is 6.61 Å². The third-order valence-electron chi connectivity index (χ3n) is 3.05. The van der Waals surface area contributed by atoms with Crippen molar-refractivity contribution in [1.29, 1.82) is 0 Å². The molecule has 0 aliphatic heterocycles. The summed E-state index contributed by atoms with van der Waals surface area (Å²) in [6, 6.07) is 13.8. The smallest absolute Gasteiger partial charge is 0.337 e. The Morgan fingerprint density at radius 1 is 1.17 bits per heavy atom. The number of nitrogens with one attached hydrogen (secondary N) is 1. The van der Waals surface area contributed by atoms with Crippen LogP contribution < -0.4 is 10.1 Å². The van der Waals surface area contributed by atoms with E-state index < -0.39 is 5.97 Å². The number of rotatable bonds is 6. The lowest BCUT2D eigenvalue weighted by molar-refractivity contribution is 0.0698. The zero-order valence-electron chi connectivity index (χ0n) is 12.3. The summed E-state index contributed by atoms with van der Waals surface area (Å²) in [6.45, 7) is 0.226. The highest BCUT2D eigenvalue weighted by Gasteiger charge is 2.12. The Balaban J connectivity index is 1.68. The number of carboxylic acid groups (broad SMARTS) is 1. The van der Waals surface area contributed by atoms with Gasteiger partial charge in [0.15, 0.2) is 5.01 Å². The SMILES string of the molecule is O=C(O)c1ccccc1Nc1nnc(COc2ccccc2Cl)s1. The van der Waals surface area contributed by atoms with Crippen molar-refractivity contribution < 1.29 is 14.6 Å². The van der Waals surface area contributed by atoms with Crippen LogP contribution in [0.2, 0.25) is 5.02 Å². The lowest BCUT2D eigenvalue weighted by Gasteiger charge is -2.05. The van der Waals surface area contributed by atoms with E-state index >= 15 is 0 Å². The van der Waals surface area contributed by atoms with E-state index in [2.05, 4.69) is 15.5 Å². The van der Waals surface area contributed by atoms with Crippen LogP contribution in [0.4, 0.5) is 10.8 Å². The molecule has 8 heteroatoms. The summed E-state index contributed by atoms with van der Waals surface area (Å²) in [7, 11) is 0. The van der Waals surface area contributed by atoms with Gasteiger partial charge in [-0.3, -0.25) is 0 Å². The van der Waals surface area contributed by atoms with Gasteiger partial charge < -0.3 is 15.2 Å². The van der Waals surface area contributed by atoms with Crippen molar-refractivity contribution in [3.8, 4) is 5.75 Å². The van der Waals surface area contributed by atoms with E-state index in [-0.39, 0.29) is 12.2 Å². The van der Waals surface area contributed by atoms with Crippen molar-refractivity contribution >= 4 is 39.7 Å². The first-order chi connectivity index (χ1) is 11.6. The predicted molar refractivity (Wildman–Crippen MR) is 92.4 cm³/mol. The Hall–Kier alpha value is -2.64. The minimum Gasteiger partial charge on any atom is -0.485 e. The summed E-state index contributed by atoms with van der Waals surface area (Å²) >= 11 is 7.30. The van der Waals surface area contributed by atoms with Gasteiger partial charge in [-0.15, -0.1) is 10.2 Å². The Labute approximate surface area is 146 Å². The zero-order valence-corrected chi connectivity index (χ0v) is 13.8. The van der Waals surface area contributed by atoms with Gasteiger partial charge in [0.1, 0.15) is 12.4 Å². The van der Waals surface area contributed by atoms with Crippen LogP contribution in [-0.4, -0.2) is 21.3 Å². The minimum absolute atomic E-state index is 0.168. The molecular formula is C16H12ClN3O3S. The molecule has 6 nitrogen and oxygen atoms in total. The Morgan fingerprint density at radius 3 is 2.71 bits per heavy atom. The molecule has 2 aromatic carbocycles. The first-order valence-corrected chi connectivity index (χ1v) is 8.12. The number of carboxylic acids is 1. The minimum atomic E-state index is -1.01. The van der Waals surface area contributed by atoms with Crippen LogP contribution in [0.3, 0.4) is 0 Å². The standard InChI is InChI=1S/C16H12ClN3O3S/c17-11-6-2-4-8-13(11)23-9-14-19-20-16(24-14)18-12-7-3-1-5-10(12)15(21)22/h1-8H,9H2,(H,18,20)(H,21,22). The Bertz CT molecular complexity index is 869. The molecule has 0 bridgehead atoms. The maximum atomic E-state index is 11.2. The summed E-state index contributed by atoms with van der Waals surface area (Å²) in [6.07, 6.45) is 0. The molecule has 0 amide bonds. The molecule has 0 spiro atoms. The Kier molecular flexibility index (Phi) is 4.93. The van der Waals surface area contributed by atoms with E-state index in [1.807, 2.05) is 12.1 Å². The van der Waals surface area contributed by atoms with Gasteiger partial charge >= 0.3 is 5.97 Å². The van der Waals surface area contributed by atoms with Gasteiger partial charge in [-0.25, -0.2) is 4.79 Å². The predicted octanol–water partition coefficient (Wildman–Crippen LogP) is 4.21. The fourth-order valence-corrected chi connectivity index (χ4v) is 2.81. The largest absolute Gasteiger partial charge is 0.485 e. The summed E-state index contributed by atoms with van der Waals surface area (Å²) in [5.74, 6) is -0.440. The van der Waals surface area contributed by atoms with E-state index in [4.69, 9.17) is 16.3 Å². The van der Waals surface area contributed by atoms with Crippen molar-refractivity contribution in [2.75, 3.05) is 5.32 Å². The molecule has 2 N–H and O–H groups in total. The molecule has 24 heavy (non-hydrogen) atoms. The van der Waals surface area contributed by atoms with Crippen molar-refractivity contribution in [1.82, 2.24) is 10.2 Å². The zero-order chi connectivity index (χ0) is 16.9. The first kappa shape index (κ1) is 16.2. The third-order valence-corrected chi connectivity index (χ3v) is 4.18. The van der Waals surface area contributed by atoms with Crippen LogP contribution in [0.25, 0.3) is 0 Å². The monoisotopic (exact) mass is 361 g/mol. The number of anilines is 2. The van der Waals surface area contributed by atoms with Gasteiger partial charge in [-0.1, -0.05) is 47.2 Å².